The molecule has 0 spiro atoms. The Bertz CT molecular complexity index is 1690. The van der Waals surface area contributed by atoms with Gasteiger partial charge in [0.2, 0.25) is 0 Å². The van der Waals surface area contributed by atoms with Crippen molar-refractivity contribution in [3.63, 3.8) is 0 Å². The Morgan fingerprint density at radius 3 is 0.930 bits per heavy atom. The highest BCUT2D eigenvalue weighted by Gasteiger charge is 2.19. The maximum absolute atomic E-state index is 12.7. The fourth-order valence-corrected chi connectivity index (χ4v) is 6.68. The van der Waals surface area contributed by atoms with E-state index in [1.165, 1.54) is 0 Å². The van der Waals surface area contributed by atoms with E-state index in [0.29, 0.717) is 19.3 Å². The lowest BCUT2D eigenvalue weighted by molar-refractivity contribution is -0.166. The summed E-state index contributed by atoms with van der Waals surface area (Å²) in [5.74, 6) is -1.11. The van der Waals surface area contributed by atoms with Gasteiger partial charge in [-0.3, -0.25) is 14.4 Å². The second-order valence-corrected chi connectivity index (χ2v) is 17.4. The average molecular weight is 975 g/mol. The van der Waals surface area contributed by atoms with Crippen LogP contribution in [0.3, 0.4) is 0 Å². The van der Waals surface area contributed by atoms with E-state index < -0.39 is 12.1 Å². The first-order valence-corrected chi connectivity index (χ1v) is 27.6. The van der Waals surface area contributed by atoms with E-state index in [0.717, 1.165) is 154 Å². The number of rotatable bonds is 47. The van der Waals surface area contributed by atoms with E-state index >= 15 is 0 Å². The number of allylic oxidation sites excluding steroid dienone is 27. The van der Waals surface area contributed by atoms with Crippen molar-refractivity contribution < 1.29 is 28.6 Å². The number of ether oxygens (including phenoxy) is 3. The minimum absolute atomic E-state index is 0.0846. The first-order valence-electron chi connectivity index (χ1n) is 27.6. The molecule has 0 aliphatic rings. The van der Waals surface area contributed by atoms with Crippen molar-refractivity contribution in [3.05, 3.63) is 170 Å². The minimum Gasteiger partial charge on any atom is -0.462 e. The summed E-state index contributed by atoms with van der Waals surface area (Å²) >= 11 is 0. The van der Waals surface area contributed by atoms with Gasteiger partial charge in [0.15, 0.2) is 6.10 Å². The number of carbonyl (C=O) groups excluding carboxylic acids is 3. The first-order chi connectivity index (χ1) is 35.0. The van der Waals surface area contributed by atoms with Crippen molar-refractivity contribution in [3.8, 4) is 0 Å². The maximum Gasteiger partial charge on any atom is 0.310 e. The predicted octanol–water partition coefficient (Wildman–Crippen LogP) is 18.8. The summed E-state index contributed by atoms with van der Waals surface area (Å²) in [6.45, 7) is 6.18. The van der Waals surface area contributed by atoms with E-state index in [1.807, 2.05) is 6.08 Å². The van der Waals surface area contributed by atoms with Crippen LogP contribution < -0.4 is 0 Å². The number of hydrogen-bond acceptors (Lipinski definition) is 6. The molecule has 0 heterocycles. The van der Waals surface area contributed by atoms with Crippen LogP contribution in [-0.4, -0.2) is 37.2 Å². The molecule has 0 aromatic heterocycles. The highest BCUT2D eigenvalue weighted by molar-refractivity contribution is 5.72. The van der Waals surface area contributed by atoms with Gasteiger partial charge in [-0.05, 0) is 116 Å². The molecule has 0 aromatic rings. The first kappa shape index (κ1) is 65.8. The quantitative estimate of drug-likeness (QED) is 0.0262. The van der Waals surface area contributed by atoms with Gasteiger partial charge in [0.25, 0.3) is 0 Å². The molecule has 0 N–H and O–H groups in total. The lowest BCUT2D eigenvalue weighted by Gasteiger charge is -2.18. The van der Waals surface area contributed by atoms with Crippen molar-refractivity contribution in [2.75, 3.05) is 13.2 Å². The monoisotopic (exact) mass is 975 g/mol. The number of carbonyl (C=O) groups is 3. The number of hydrogen-bond donors (Lipinski definition) is 0. The summed E-state index contributed by atoms with van der Waals surface area (Å²) in [6.07, 6.45) is 85.6. The maximum atomic E-state index is 12.7. The molecular weight excluding hydrogens is 877 g/mol. The normalized spacial score (nSPS) is 13.5. The summed E-state index contributed by atoms with van der Waals surface area (Å²) in [6, 6.07) is 0. The zero-order valence-electron chi connectivity index (χ0n) is 44.9. The fraction of sp³-hybridized carbons (Fsp3) is 0.523. The molecule has 0 radical (unpaired) electrons. The number of unbranched alkanes of at least 4 members (excludes halogenated alkanes) is 9. The molecular formula is C65H98O6. The van der Waals surface area contributed by atoms with Crippen molar-refractivity contribution in [2.45, 2.75) is 207 Å². The Hall–Kier alpha value is -5.23. The van der Waals surface area contributed by atoms with Crippen LogP contribution in [0.15, 0.2) is 170 Å². The predicted molar refractivity (Wildman–Crippen MR) is 306 cm³/mol. The average Bonchev–Trinajstić information content (AvgIpc) is 3.37. The molecule has 394 valence electrons. The highest BCUT2D eigenvalue weighted by atomic mass is 16.6. The zero-order valence-corrected chi connectivity index (χ0v) is 44.9. The van der Waals surface area contributed by atoms with Gasteiger partial charge in [0.05, 0.1) is 6.42 Å². The van der Waals surface area contributed by atoms with Gasteiger partial charge in [-0.1, -0.05) is 236 Å². The third-order valence-electron chi connectivity index (χ3n) is 10.7. The molecule has 0 aliphatic heterocycles. The highest BCUT2D eigenvalue weighted by Crippen LogP contribution is 2.11. The second kappa shape index (κ2) is 57.3. The Balaban J connectivity index is 4.23. The van der Waals surface area contributed by atoms with Crippen molar-refractivity contribution in [1.29, 1.82) is 0 Å². The Labute approximate surface area is 434 Å². The zero-order chi connectivity index (χ0) is 51.4. The summed E-state index contributed by atoms with van der Waals surface area (Å²) in [5.41, 5.74) is 0. The Morgan fingerprint density at radius 1 is 0.310 bits per heavy atom. The molecule has 0 saturated heterocycles. The second-order valence-electron chi connectivity index (χ2n) is 17.4. The van der Waals surface area contributed by atoms with Gasteiger partial charge >= 0.3 is 17.9 Å². The van der Waals surface area contributed by atoms with Gasteiger partial charge in [-0.2, -0.15) is 0 Å². The summed E-state index contributed by atoms with van der Waals surface area (Å²) in [4.78, 5) is 37.6. The minimum atomic E-state index is -0.844. The smallest absolute Gasteiger partial charge is 0.310 e. The summed E-state index contributed by atoms with van der Waals surface area (Å²) in [7, 11) is 0. The summed E-state index contributed by atoms with van der Waals surface area (Å²) < 4.78 is 16.5. The van der Waals surface area contributed by atoms with Crippen molar-refractivity contribution in [1.82, 2.24) is 0 Å². The lowest BCUT2D eigenvalue weighted by atomic mass is 10.1. The van der Waals surface area contributed by atoms with Crippen LogP contribution in [0.5, 0.6) is 0 Å². The summed E-state index contributed by atoms with van der Waals surface area (Å²) in [5, 5.41) is 0. The van der Waals surface area contributed by atoms with Gasteiger partial charge in [0.1, 0.15) is 13.2 Å². The van der Waals surface area contributed by atoms with Crippen LogP contribution in [0.25, 0.3) is 0 Å². The van der Waals surface area contributed by atoms with E-state index in [2.05, 4.69) is 179 Å². The molecule has 0 fully saturated rings. The molecule has 1 atom stereocenters. The molecule has 0 amide bonds. The van der Waals surface area contributed by atoms with E-state index in [-0.39, 0.29) is 31.6 Å². The molecule has 0 bridgehead atoms. The van der Waals surface area contributed by atoms with Crippen molar-refractivity contribution >= 4 is 17.9 Å². The number of esters is 3. The largest absolute Gasteiger partial charge is 0.462 e. The Morgan fingerprint density at radius 2 is 0.592 bits per heavy atom. The molecule has 0 aromatic carbocycles. The van der Waals surface area contributed by atoms with Crippen LogP contribution in [0.2, 0.25) is 0 Å². The van der Waals surface area contributed by atoms with E-state index in [4.69, 9.17) is 14.2 Å². The van der Waals surface area contributed by atoms with Crippen LogP contribution >= 0.6 is 0 Å². The van der Waals surface area contributed by atoms with Crippen LogP contribution in [0, 0.1) is 0 Å². The molecule has 0 saturated carbocycles. The Kier molecular flexibility index (Phi) is 53.1. The van der Waals surface area contributed by atoms with Crippen LogP contribution in [0.4, 0.5) is 0 Å². The van der Waals surface area contributed by atoms with Crippen molar-refractivity contribution in [2.24, 2.45) is 0 Å². The third kappa shape index (κ3) is 55.6. The van der Waals surface area contributed by atoms with Gasteiger partial charge in [-0.15, -0.1) is 0 Å². The SMILES string of the molecule is CC/C=C\C/C=C\C/C=C\C/C=C\C/C=C\C/C=C\C/C=C\C/C=C\C/C=C\CCCCCCCC(=O)OCC(COC(=O)CCCCCCC)OC(=O)C/C=C\C/C=C\C/C=C\C/C=C\C/C=C\CC. The molecule has 71 heavy (non-hydrogen) atoms. The molecule has 0 rings (SSSR count). The standard InChI is InChI=1S/C65H98O6/c1-4-7-10-13-15-17-19-21-23-24-25-26-27-28-29-30-31-32-33-34-35-36-37-38-39-40-42-43-45-47-49-52-55-58-64(67)70-61-62(60-69-63(66)57-54-51-12-9-6-3)71-65(68)59-56-53-50-48-46-44-41-22-20-18-16-14-11-8-5-2/h7-8,10-11,15-18,21-23,25-26,28-29,31-32,34-35,37-38,40-42,46,48,53,56,62H,4-6,9,12-14,19-20,24,27,30,33,36,39,43-45,47,49-52,54-55,57-61H2,1-3H3/b10-7-,11-8-,17-15-,18-16-,23-21-,26-25-,29-28-,32-31-,35-34-,38-37-,41-22-,42-40-,48-46-,56-53-. The molecule has 0 aliphatic carbocycles. The van der Waals surface area contributed by atoms with Gasteiger partial charge < -0.3 is 14.2 Å². The fourth-order valence-electron chi connectivity index (χ4n) is 6.68. The van der Waals surface area contributed by atoms with Crippen LogP contribution in [0.1, 0.15) is 201 Å². The topological polar surface area (TPSA) is 78.9 Å². The van der Waals surface area contributed by atoms with E-state index in [9.17, 15) is 14.4 Å². The van der Waals surface area contributed by atoms with Gasteiger partial charge in [0, 0.05) is 12.8 Å². The molecule has 6 nitrogen and oxygen atoms in total. The molecule has 6 heteroatoms. The van der Waals surface area contributed by atoms with Crippen LogP contribution in [-0.2, 0) is 28.6 Å². The third-order valence-corrected chi connectivity index (χ3v) is 10.7. The lowest BCUT2D eigenvalue weighted by Crippen LogP contribution is -2.30. The van der Waals surface area contributed by atoms with E-state index in [1.54, 1.807) is 6.08 Å². The van der Waals surface area contributed by atoms with Gasteiger partial charge in [-0.25, -0.2) is 0 Å². The molecule has 1 unspecified atom stereocenters.